The molecule has 0 spiro atoms. The lowest BCUT2D eigenvalue weighted by Gasteiger charge is -2.33. The molecule has 212 valence electrons. The highest BCUT2D eigenvalue weighted by atomic mass is 32.2. The number of anilines is 3. The Labute approximate surface area is 239 Å². The highest BCUT2D eigenvalue weighted by Crippen LogP contribution is 2.48. The van der Waals surface area contributed by atoms with E-state index in [1.54, 1.807) is 18.1 Å². The fourth-order valence-electron chi connectivity index (χ4n) is 5.22. The summed E-state index contributed by atoms with van der Waals surface area (Å²) < 4.78 is 5.83. The number of pyridine rings is 2. The zero-order valence-electron chi connectivity index (χ0n) is 23.3. The van der Waals surface area contributed by atoms with E-state index >= 15 is 0 Å². The number of methoxy groups -OCH3 is 1. The van der Waals surface area contributed by atoms with E-state index in [9.17, 15) is 14.9 Å². The minimum absolute atomic E-state index is 0.0784. The van der Waals surface area contributed by atoms with Gasteiger partial charge in [0, 0.05) is 48.8 Å². The number of piperazine rings is 1. The number of nitriles is 1. The van der Waals surface area contributed by atoms with E-state index in [0.29, 0.717) is 54.9 Å². The summed E-state index contributed by atoms with van der Waals surface area (Å²) in [6.07, 6.45) is 5.37. The Bertz CT molecular complexity index is 1330. The maximum absolute atomic E-state index is 13.4. The van der Waals surface area contributed by atoms with Gasteiger partial charge in [-0.2, -0.15) is 22.0 Å². The molecule has 1 saturated heterocycles. The third-order valence-electron chi connectivity index (χ3n) is 7.63. The molecule has 2 aromatic rings. The fraction of sp³-hybridized carbons (Fsp3) is 0.536. The molecule has 3 aliphatic rings. The first kappa shape index (κ1) is 28.0. The monoisotopic (exact) mass is 564 g/mol. The molecule has 2 fully saturated rings. The smallest absolute Gasteiger partial charge is 0.328 e. The third kappa shape index (κ3) is 6.10. The molecule has 1 saturated carbocycles. The number of ether oxygens (including phenoxy) is 1. The Kier molecular flexibility index (Phi) is 8.32. The van der Waals surface area contributed by atoms with Gasteiger partial charge in [-0.25, -0.2) is 9.78 Å². The van der Waals surface area contributed by atoms with Gasteiger partial charge >= 0.3 is 6.03 Å². The topological polar surface area (TPSA) is 127 Å². The molecule has 40 heavy (non-hydrogen) atoms. The predicted molar refractivity (Wildman–Crippen MR) is 156 cm³/mol. The standard InChI is InChI=1S/C28H36N8O3S/c1-4-40-28(7-8-28)18-31-22-13-23(30-15-21(22)14-29)32-27(38)36-9-5-6-19-12-20(26(39-3)33-25(19)36)16-35-11-10-34(2)17-24(35)37/h12-13,15H,4-11,16-18H2,1-3H3,(H2,30,31,32,38). The van der Waals surface area contributed by atoms with Crippen LogP contribution in [-0.2, 0) is 17.8 Å². The van der Waals surface area contributed by atoms with Crippen LogP contribution in [0.15, 0.2) is 18.3 Å². The van der Waals surface area contributed by atoms with Crippen LogP contribution in [0.2, 0.25) is 0 Å². The first-order valence-corrected chi connectivity index (χ1v) is 14.7. The lowest BCUT2D eigenvalue weighted by Crippen LogP contribution is -2.48. The Morgan fingerprint density at radius 3 is 2.80 bits per heavy atom. The average molecular weight is 565 g/mol. The number of aryl methyl sites for hydroxylation is 1. The largest absolute Gasteiger partial charge is 0.481 e. The number of nitrogens with one attached hydrogen (secondary N) is 2. The maximum atomic E-state index is 13.4. The number of aromatic nitrogens is 2. The van der Waals surface area contributed by atoms with Gasteiger partial charge in [-0.3, -0.25) is 19.9 Å². The van der Waals surface area contributed by atoms with Crippen LogP contribution in [0, 0.1) is 11.3 Å². The summed E-state index contributed by atoms with van der Waals surface area (Å²) >= 11 is 1.94. The second kappa shape index (κ2) is 11.9. The van der Waals surface area contributed by atoms with Crippen molar-refractivity contribution in [2.24, 2.45) is 0 Å². The second-order valence-electron chi connectivity index (χ2n) is 10.6. The van der Waals surface area contributed by atoms with Gasteiger partial charge in [0.15, 0.2) is 0 Å². The van der Waals surface area contributed by atoms with Crippen LogP contribution < -0.4 is 20.3 Å². The van der Waals surface area contributed by atoms with Gasteiger partial charge in [-0.15, -0.1) is 0 Å². The van der Waals surface area contributed by atoms with Crippen LogP contribution >= 0.6 is 11.8 Å². The number of hydrogen-bond acceptors (Lipinski definition) is 9. The maximum Gasteiger partial charge on any atom is 0.328 e. The van der Waals surface area contributed by atoms with Gasteiger partial charge in [0.2, 0.25) is 11.8 Å². The van der Waals surface area contributed by atoms with Crippen molar-refractivity contribution in [1.29, 1.82) is 5.26 Å². The van der Waals surface area contributed by atoms with E-state index < -0.39 is 0 Å². The zero-order chi connectivity index (χ0) is 28.3. The molecule has 0 unspecified atom stereocenters. The number of fused-ring (bicyclic) bond motifs is 1. The van der Waals surface area contributed by atoms with Gasteiger partial charge < -0.3 is 15.0 Å². The molecule has 11 nitrogen and oxygen atoms in total. The number of amides is 3. The summed E-state index contributed by atoms with van der Waals surface area (Å²) in [5.41, 5.74) is 2.88. The molecule has 0 bridgehead atoms. The molecule has 0 radical (unpaired) electrons. The van der Waals surface area contributed by atoms with Crippen molar-refractivity contribution in [3.05, 3.63) is 35.0 Å². The number of carbonyl (C=O) groups excluding carboxylic acids is 2. The highest BCUT2D eigenvalue weighted by molar-refractivity contribution is 8.00. The Morgan fingerprint density at radius 1 is 1.27 bits per heavy atom. The van der Waals surface area contributed by atoms with Gasteiger partial charge in [-0.1, -0.05) is 6.92 Å². The zero-order valence-corrected chi connectivity index (χ0v) is 24.1. The molecule has 0 aromatic carbocycles. The Balaban J connectivity index is 1.31. The molecule has 5 rings (SSSR count). The van der Waals surface area contributed by atoms with Crippen molar-refractivity contribution in [2.75, 3.05) is 68.2 Å². The van der Waals surface area contributed by atoms with Crippen molar-refractivity contribution in [2.45, 2.75) is 43.9 Å². The van der Waals surface area contributed by atoms with Crippen LogP contribution in [0.25, 0.3) is 0 Å². The summed E-state index contributed by atoms with van der Waals surface area (Å²) in [7, 11) is 3.49. The van der Waals surface area contributed by atoms with Crippen molar-refractivity contribution in [3.63, 3.8) is 0 Å². The van der Waals surface area contributed by atoms with E-state index in [1.165, 1.54) is 6.20 Å². The molecule has 3 amide bonds. The second-order valence-corrected chi connectivity index (χ2v) is 12.3. The van der Waals surface area contributed by atoms with Crippen molar-refractivity contribution in [1.82, 2.24) is 19.8 Å². The van der Waals surface area contributed by atoms with Gasteiger partial charge in [0.25, 0.3) is 0 Å². The Hall–Kier alpha value is -3.56. The summed E-state index contributed by atoms with van der Waals surface area (Å²) in [5.74, 6) is 2.45. The molecule has 2 aromatic heterocycles. The number of hydrogen-bond donors (Lipinski definition) is 2. The molecule has 1 aliphatic carbocycles. The highest BCUT2D eigenvalue weighted by Gasteiger charge is 2.42. The van der Waals surface area contributed by atoms with E-state index in [1.807, 2.05) is 34.7 Å². The molecule has 4 heterocycles. The van der Waals surface area contributed by atoms with Crippen molar-refractivity contribution < 1.29 is 14.3 Å². The average Bonchev–Trinajstić information content (AvgIpc) is 3.72. The number of rotatable bonds is 9. The predicted octanol–water partition coefficient (Wildman–Crippen LogP) is 3.31. The molecular formula is C28H36N8O3S. The molecular weight excluding hydrogens is 528 g/mol. The van der Waals surface area contributed by atoms with E-state index in [4.69, 9.17) is 9.72 Å². The quantitative estimate of drug-likeness (QED) is 0.472. The minimum atomic E-state index is -0.346. The van der Waals surface area contributed by atoms with Crippen LogP contribution in [0.4, 0.5) is 22.1 Å². The summed E-state index contributed by atoms with van der Waals surface area (Å²) in [5, 5.41) is 15.9. The SMILES string of the molecule is CCSC1(CNc2cc(NC(=O)N3CCCc4cc(CN5CCN(C)CC5=O)c(OC)nc43)ncc2C#N)CC1. The molecule has 12 heteroatoms. The summed E-state index contributed by atoms with van der Waals surface area (Å²) in [6, 6.07) is 5.57. The van der Waals surface area contributed by atoms with Crippen LogP contribution in [0.5, 0.6) is 5.88 Å². The van der Waals surface area contributed by atoms with Crippen LogP contribution in [0.3, 0.4) is 0 Å². The summed E-state index contributed by atoms with van der Waals surface area (Å²) in [6.45, 7) is 5.71. The normalized spacial score (nSPS) is 18.1. The first-order valence-electron chi connectivity index (χ1n) is 13.7. The van der Waals surface area contributed by atoms with Gasteiger partial charge in [0.05, 0.1) is 31.5 Å². The first-order chi connectivity index (χ1) is 19.3. The molecule has 2 N–H and O–H groups in total. The minimum Gasteiger partial charge on any atom is -0.481 e. The van der Waals surface area contributed by atoms with Gasteiger partial charge in [-0.05, 0) is 50.1 Å². The van der Waals surface area contributed by atoms with Crippen molar-refractivity contribution >= 4 is 41.0 Å². The van der Waals surface area contributed by atoms with E-state index in [-0.39, 0.29) is 16.7 Å². The third-order valence-corrected chi connectivity index (χ3v) is 9.08. The number of nitrogens with zero attached hydrogens (tertiary/aromatic N) is 6. The Morgan fingerprint density at radius 2 is 2.10 bits per heavy atom. The fourth-order valence-corrected chi connectivity index (χ4v) is 6.40. The summed E-state index contributed by atoms with van der Waals surface area (Å²) in [4.78, 5) is 40.4. The number of carbonyl (C=O) groups is 2. The van der Waals surface area contributed by atoms with Crippen LogP contribution in [-0.4, -0.2) is 89.1 Å². The van der Waals surface area contributed by atoms with Crippen molar-refractivity contribution in [3.8, 4) is 11.9 Å². The van der Waals surface area contributed by atoms with E-state index in [0.717, 1.165) is 55.7 Å². The molecule has 2 aliphatic heterocycles. The lowest BCUT2D eigenvalue weighted by atomic mass is 10.0. The lowest BCUT2D eigenvalue weighted by molar-refractivity contribution is -0.136. The van der Waals surface area contributed by atoms with Crippen LogP contribution in [0.1, 0.15) is 42.9 Å². The van der Waals surface area contributed by atoms with Gasteiger partial charge in [0.1, 0.15) is 17.7 Å². The van der Waals surface area contributed by atoms with E-state index in [2.05, 4.69) is 28.6 Å². The number of likely N-dealkylation sites (N-methyl/N-ethyl adjacent to an activating group) is 1. The number of urea groups is 1. The number of thioether (sulfide) groups is 1. The molecule has 0 atom stereocenters.